The first kappa shape index (κ1) is 19.4. The topological polar surface area (TPSA) is 101 Å². The van der Waals surface area contributed by atoms with Crippen molar-refractivity contribution >= 4 is 33.4 Å². The molecule has 4 rings (SSSR count). The maximum absolute atomic E-state index is 12.6. The summed E-state index contributed by atoms with van der Waals surface area (Å²) in [6, 6.07) is 10.6. The average molecular weight is 459 g/mol. The van der Waals surface area contributed by atoms with Gasteiger partial charge >= 0.3 is 0 Å². The molecule has 1 N–H and O–H groups in total. The highest BCUT2D eigenvalue weighted by molar-refractivity contribution is 9.10. The molecule has 1 aliphatic heterocycles. The van der Waals surface area contributed by atoms with Crippen LogP contribution in [-0.2, 0) is 4.79 Å². The molecule has 1 aromatic carbocycles. The number of hydrogen-bond acceptors (Lipinski definition) is 6. The Labute approximate surface area is 175 Å². The van der Waals surface area contributed by atoms with E-state index in [0.717, 1.165) is 18.4 Å². The van der Waals surface area contributed by atoms with E-state index in [1.807, 2.05) is 12.1 Å². The highest BCUT2D eigenvalue weighted by atomic mass is 79.9. The van der Waals surface area contributed by atoms with Gasteiger partial charge < -0.3 is 19.2 Å². The summed E-state index contributed by atoms with van der Waals surface area (Å²) in [5.74, 6) is 1.01. The molecule has 9 heteroatoms. The molecule has 1 fully saturated rings. The lowest BCUT2D eigenvalue weighted by atomic mass is 9.97. The third-order valence-electron chi connectivity index (χ3n) is 4.75. The molecular formula is C20H19BrN4O4. The fourth-order valence-corrected chi connectivity index (χ4v) is 3.68. The van der Waals surface area contributed by atoms with Gasteiger partial charge in [-0.15, -0.1) is 0 Å². The van der Waals surface area contributed by atoms with E-state index in [0.29, 0.717) is 40.9 Å². The van der Waals surface area contributed by atoms with Gasteiger partial charge in [-0.25, -0.2) is 0 Å². The minimum Gasteiger partial charge on any atom is -0.444 e. The molecule has 3 aromatic rings. The van der Waals surface area contributed by atoms with Crippen LogP contribution in [-0.4, -0.2) is 39.9 Å². The predicted molar refractivity (Wildman–Crippen MR) is 108 cm³/mol. The SMILES string of the molecule is CC(=O)Nc1ccc(-c2noc(C3CCCN(C(=O)c4ccc(Br)o4)C3)n2)cc1. The Balaban J connectivity index is 1.46. The molecule has 0 saturated carbocycles. The van der Waals surface area contributed by atoms with Crippen molar-refractivity contribution < 1.29 is 18.5 Å². The van der Waals surface area contributed by atoms with Gasteiger partial charge in [0, 0.05) is 31.3 Å². The number of nitrogens with one attached hydrogen (secondary N) is 1. The van der Waals surface area contributed by atoms with Gasteiger partial charge in [0.2, 0.25) is 17.6 Å². The molecule has 150 valence electrons. The van der Waals surface area contributed by atoms with E-state index in [1.54, 1.807) is 29.2 Å². The Morgan fingerprint density at radius 1 is 1.21 bits per heavy atom. The Morgan fingerprint density at radius 2 is 2.00 bits per heavy atom. The maximum Gasteiger partial charge on any atom is 0.289 e. The fraction of sp³-hybridized carbons (Fsp3) is 0.300. The molecule has 1 atom stereocenters. The molecule has 1 saturated heterocycles. The highest BCUT2D eigenvalue weighted by Gasteiger charge is 2.30. The van der Waals surface area contributed by atoms with Crippen molar-refractivity contribution in [1.82, 2.24) is 15.0 Å². The van der Waals surface area contributed by atoms with Gasteiger partial charge in [-0.05, 0) is 65.2 Å². The van der Waals surface area contributed by atoms with Crippen LogP contribution in [0.5, 0.6) is 0 Å². The van der Waals surface area contributed by atoms with Crippen molar-refractivity contribution in [3.05, 3.63) is 52.7 Å². The Bertz CT molecular complexity index is 1030. The highest BCUT2D eigenvalue weighted by Crippen LogP contribution is 2.29. The molecule has 0 spiro atoms. The molecule has 0 radical (unpaired) electrons. The van der Waals surface area contributed by atoms with Crippen molar-refractivity contribution in [2.24, 2.45) is 0 Å². The van der Waals surface area contributed by atoms with E-state index >= 15 is 0 Å². The van der Waals surface area contributed by atoms with Crippen molar-refractivity contribution in [1.29, 1.82) is 0 Å². The first-order chi connectivity index (χ1) is 14.0. The number of halogens is 1. The van der Waals surface area contributed by atoms with Gasteiger partial charge in [-0.2, -0.15) is 4.98 Å². The normalized spacial score (nSPS) is 16.6. The molecule has 1 aliphatic rings. The lowest BCUT2D eigenvalue weighted by Gasteiger charge is -2.30. The average Bonchev–Trinajstić information content (AvgIpc) is 3.37. The lowest BCUT2D eigenvalue weighted by molar-refractivity contribution is -0.114. The maximum atomic E-state index is 12.6. The largest absolute Gasteiger partial charge is 0.444 e. The van der Waals surface area contributed by atoms with Crippen LogP contribution in [0, 0.1) is 0 Å². The van der Waals surface area contributed by atoms with Gasteiger partial charge in [0.05, 0.1) is 5.92 Å². The molecule has 3 heterocycles. The van der Waals surface area contributed by atoms with Crippen molar-refractivity contribution in [3.63, 3.8) is 0 Å². The lowest BCUT2D eigenvalue weighted by Crippen LogP contribution is -2.39. The number of likely N-dealkylation sites (tertiary alicyclic amines) is 1. The van der Waals surface area contributed by atoms with Crippen molar-refractivity contribution in [3.8, 4) is 11.4 Å². The Morgan fingerprint density at radius 3 is 2.69 bits per heavy atom. The quantitative estimate of drug-likeness (QED) is 0.631. The van der Waals surface area contributed by atoms with Crippen LogP contribution in [0.4, 0.5) is 5.69 Å². The Kier molecular flexibility index (Phi) is 5.48. The third-order valence-corrected chi connectivity index (χ3v) is 5.17. The summed E-state index contributed by atoms with van der Waals surface area (Å²) < 4.78 is 11.4. The summed E-state index contributed by atoms with van der Waals surface area (Å²) >= 11 is 3.22. The third kappa shape index (κ3) is 4.40. The van der Waals surface area contributed by atoms with Crippen LogP contribution in [0.2, 0.25) is 0 Å². The summed E-state index contributed by atoms with van der Waals surface area (Å²) in [6.45, 7) is 2.63. The number of amides is 2. The number of carbonyl (C=O) groups is 2. The number of hydrogen-bond donors (Lipinski definition) is 1. The second kappa shape index (κ2) is 8.20. The molecule has 29 heavy (non-hydrogen) atoms. The zero-order chi connectivity index (χ0) is 20.4. The summed E-state index contributed by atoms with van der Waals surface area (Å²) in [5.41, 5.74) is 1.49. The van der Waals surface area contributed by atoms with Gasteiger partial charge in [0.25, 0.3) is 5.91 Å². The zero-order valence-corrected chi connectivity index (χ0v) is 17.3. The monoisotopic (exact) mass is 458 g/mol. The summed E-state index contributed by atoms with van der Waals surface area (Å²) in [4.78, 5) is 30.1. The van der Waals surface area contributed by atoms with Crippen LogP contribution in [0.1, 0.15) is 42.1 Å². The second-order valence-corrected chi connectivity index (χ2v) is 7.69. The van der Waals surface area contributed by atoms with Gasteiger partial charge in [-0.1, -0.05) is 5.16 Å². The zero-order valence-electron chi connectivity index (χ0n) is 15.7. The number of nitrogens with zero attached hydrogens (tertiary/aromatic N) is 3. The summed E-state index contributed by atoms with van der Waals surface area (Å²) in [6.07, 6.45) is 1.72. The van der Waals surface area contributed by atoms with Crippen LogP contribution < -0.4 is 5.32 Å². The van der Waals surface area contributed by atoms with E-state index in [1.165, 1.54) is 6.92 Å². The number of aromatic nitrogens is 2. The molecule has 2 amide bonds. The molecule has 8 nitrogen and oxygen atoms in total. The summed E-state index contributed by atoms with van der Waals surface area (Å²) in [7, 11) is 0. The van der Waals surface area contributed by atoms with Crippen molar-refractivity contribution in [2.45, 2.75) is 25.7 Å². The Hall–Kier alpha value is -2.94. The van der Waals surface area contributed by atoms with Crippen molar-refractivity contribution in [2.75, 3.05) is 18.4 Å². The number of anilines is 1. The van der Waals surface area contributed by atoms with Crippen LogP contribution in [0.25, 0.3) is 11.4 Å². The smallest absolute Gasteiger partial charge is 0.289 e. The molecule has 0 aliphatic carbocycles. The number of furan rings is 1. The molecule has 1 unspecified atom stereocenters. The number of benzene rings is 1. The van der Waals surface area contributed by atoms with E-state index in [4.69, 9.17) is 8.94 Å². The second-order valence-electron chi connectivity index (χ2n) is 6.91. The van der Waals surface area contributed by atoms with Gasteiger partial charge in [-0.3, -0.25) is 9.59 Å². The fourth-order valence-electron chi connectivity index (χ4n) is 3.37. The minimum atomic E-state index is -0.145. The molecule has 2 aromatic heterocycles. The molecular weight excluding hydrogens is 440 g/mol. The number of carbonyl (C=O) groups excluding carboxylic acids is 2. The summed E-state index contributed by atoms with van der Waals surface area (Å²) in [5, 5.41) is 6.80. The van der Waals surface area contributed by atoms with Crippen LogP contribution in [0.15, 0.2) is 50.0 Å². The standard InChI is InChI=1S/C20H19BrN4O4/c1-12(26)22-15-6-4-13(5-7-15)18-23-19(29-24-18)14-3-2-10-25(11-14)20(27)16-8-9-17(21)28-16/h4-9,14H,2-3,10-11H2,1H3,(H,22,26). The van der Waals surface area contributed by atoms with Gasteiger partial charge in [0.1, 0.15) is 0 Å². The van der Waals surface area contributed by atoms with Gasteiger partial charge in [0.15, 0.2) is 10.4 Å². The van der Waals surface area contributed by atoms with E-state index in [-0.39, 0.29) is 17.7 Å². The number of rotatable bonds is 4. The minimum absolute atomic E-state index is 0.0222. The van der Waals surface area contributed by atoms with Crippen LogP contribution >= 0.6 is 15.9 Å². The van der Waals surface area contributed by atoms with Crippen LogP contribution in [0.3, 0.4) is 0 Å². The van der Waals surface area contributed by atoms with E-state index in [2.05, 4.69) is 31.4 Å². The first-order valence-corrected chi connectivity index (χ1v) is 10.0. The first-order valence-electron chi connectivity index (χ1n) is 9.26. The molecule has 0 bridgehead atoms. The van der Waals surface area contributed by atoms with E-state index < -0.39 is 0 Å². The number of piperidine rings is 1. The van der Waals surface area contributed by atoms with E-state index in [9.17, 15) is 9.59 Å². The predicted octanol–water partition coefficient (Wildman–Crippen LogP) is 4.07.